The molecule has 0 saturated carbocycles. The van der Waals surface area contributed by atoms with Gasteiger partial charge >= 0.3 is 0 Å². The van der Waals surface area contributed by atoms with Crippen LogP contribution in [0, 0.1) is 6.92 Å². The number of rotatable bonds is 3. The van der Waals surface area contributed by atoms with E-state index < -0.39 is 0 Å². The molecule has 3 rings (SSSR count). The van der Waals surface area contributed by atoms with Gasteiger partial charge in [-0.25, -0.2) is 0 Å². The summed E-state index contributed by atoms with van der Waals surface area (Å²) in [7, 11) is 0. The summed E-state index contributed by atoms with van der Waals surface area (Å²) in [4.78, 5) is 14.6. The van der Waals surface area contributed by atoms with Crippen molar-refractivity contribution < 1.29 is 9.53 Å². The highest BCUT2D eigenvalue weighted by atomic mass is 16.5. The van der Waals surface area contributed by atoms with Crippen LogP contribution in [0.2, 0.25) is 0 Å². The monoisotopic (exact) mass is 310 g/mol. The van der Waals surface area contributed by atoms with Crippen molar-refractivity contribution in [2.24, 2.45) is 5.73 Å². The number of hydrogen-bond donors (Lipinski definition) is 1. The van der Waals surface area contributed by atoms with Crippen molar-refractivity contribution in [1.29, 1.82) is 0 Å². The van der Waals surface area contributed by atoms with Crippen molar-refractivity contribution in [3.63, 3.8) is 0 Å². The maximum atomic E-state index is 12.8. The zero-order valence-corrected chi connectivity index (χ0v) is 13.4. The molecule has 2 aromatic rings. The number of nitrogens with zero attached hydrogens (tertiary/aromatic N) is 1. The van der Waals surface area contributed by atoms with Crippen LogP contribution in [-0.4, -0.2) is 43.2 Å². The molecule has 1 heterocycles. The average molecular weight is 310 g/mol. The standard InChI is InChI=1S/C19H22N2O2/c1-14-5-2-3-8-18(14)15-6-4-7-16(11-15)19(22)21-9-10-23-17(12-20)13-21/h2-8,11,17H,9-10,12-13,20H2,1H3/t17-/m0/s1. The molecule has 0 spiro atoms. The maximum absolute atomic E-state index is 12.8. The largest absolute Gasteiger partial charge is 0.373 e. The minimum Gasteiger partial charge on any atom is -0.373 e. The minimum absolute atomic E-state index is 0.0437. The van der Waals surface area contributed by atoms with E-state index >= 15 is 0 Å². The van der Waals surface area contributed by atoms with Gasteiger partial charge in [-0.05, 0) is 35.7 Å². The molecule has 4 heteroatoms. The predicted molar refractivity (Wildman–Crippen MR) is 91.3 cm³/mol. The molecule has 0 unspecified atom stereocenters. The molecule has 1 aliphatic rings. The van der Waals surface area contributed by atoms with E-state index in [9.17, 15) is 4.79 Å². The van der Waals surface area contributed by atoms with Crippen molar-refractivity contribution in [3.8, 4) is 11.1 Å². The van der Waals surface area contributed by atoms with Crippen molar-refractivity contribution in [2.45, 2.75) is 13.0 Å². The van der Waals surface area contributed by atoms with Gasteiger partial charge in [0.05, 0.1) is 12.7 Å². The van der Waals surface area contributed by atoms with Crippen LogP contribution in [0.15, 0.2) is 48.5 Å². The van der Waals surface area contributed by atoms with Gasteiger partial charge in [-0.3, -0.25) is 4.79 Å². The Balaban J connectivity index is 1.85. The van der Waals surface area contributed by atoms with Gasteiger partial charge in [0.1, 0.15) is 0 Å². The number of carbonyl (C=O) groups excluding carboxylic acids is 1. The molecule has 4 nitrogen and oxygen atoms in total. The lowest BCUT2D eigenvalue weighted by Crippen LogP contribution is -2.48. The highest BCUT2D eigenvalue weighted by Crippen LogP contribution is 2.24. The normalized spacial score (nSPS) is 18.0. The minimum atomic E-state index is -0.0627. The molecule has 2 N–H and O–H groups in total. The van der Waals surface area contributed by atoms with E-state index in [4.69, 9.17) is 10.5 Å². The Hall–Kier alpha value is -2.17. The lowest BCUT2D eigenvalue weighted by molar-refractivity contribution is -0.0167. The third kappa shape index (κ3) is 3.44. The summed E-state index contributed by atoms with van der Waals surface area (Å²) in [6.45, 7) is 4.24. The van der Waals surface area contributed by atoms with E-state index in [2.05, 4.69) is 19.1 Å². The number of carbonyl (C=O) groups is 1. The molecule has 1 atom stereocenters. The van der Waals surface area contributed by atoms with Gasteiger partial charge < -0.3 is 15.4 Å². The van der Waals surface area contributed by atoms with Crippen LogP contribution in [0.25, 0.3) is 11.1 Å². The van der Waals surface area contributed by atoms with Crippen molar-refractivity contribution in [3.05, 3.63) is 59.7 Å². The molecule has 0 aromatic heterocycles. The van der Waals surface area contributed by atoms with Crippen molar-refractivity contribution >= 4 is 5.91 Å². The topological polar surface area (TPSA) is 55.6 Å². The molecule has 1 saturated heterocycles. The van der Waals surface area contributed by atoms with Crippen molar-refractivity contribution in [1.82, 2.24) is 4.90 Å². The number of nitrogens with two attached hydrogens (primary N) is 1. The molecule has 2 aromatic carbocycles. The summed E-state index contributed by atoms with van der Waals surface area (Å²) in [5, 5.41) is 0. The van der Waals surface area contributed by atoms with Gasteiger partial charge in [-0.1, -0.05) is 36.4 Å². The summed E-state index contributed by atoms with van der Waals surface area (Å²) < 4.78 is 5.53. The summed E-state index contributed by atoms with van der Waals surface area (Å²) >= 11 is 0. The van der Waals surface area contributed by atoms with Crippen LogP contribution in [-0.2, 0) is 4.74 Å². The number of morpholine rings is 1. The zero-order valence-electron chi connectivity index (χ0n) is 13.4. The molecule has 0 radical (unpaired) electrons. The van der Waals surface area contributed by atoms with Gasteiger partial charge in [0, 0.05) is 25.2 Å². The second kappa shape index (κ2) is 6.94. The summed E-state index contributed by atoms with van der Waals surface area (Å²) in [5.74, 6) is 0.0437. The molecule has 1 amide bonds. The van der Waals surface area contributed by atoms with Crippen LogP contribution >= 0.6 is 0 Å². The Morgan fingerprint density at radius 2 is 2.09 bits per heavy atom. The summed E-state index contributed by atoms with van der Waals surface area (Å²) in [5.41, 5.74) is 9.79. The Kier molecular flexibility index (Phi) is 4.74. The fraction of sp³-hybridized carbons (Fsp3) is 0.316. The van der Waals surface area contributed by atoms with Gasteiger partial charge in [0.2, 0.25) is 0 Å². The molecule has 1 aliphatic heterocycles. The fourth-order valence-electron chi connectivity index (χ4n) is 2.95. The highest BCUT2D eigenvalue weighted by Gasteiger charge is 2.24. The van der Waals surface area contributed by atoms with Crippen LogP contribution in [0.5, 0.6) is 0 Å². The van der Waals surface area contributed by atoms with Gasteiger partial charge in [0.25, 0.3) is 5.91 Å². The van der Waals surface area contributed by atoms with E-state index in [0.717, 1.165) is 11.1 Å². The van der Waals surface area contributed by atoms with E-state index in [0.29, 0.717) is 31.8 Å². The predicted octanol–water partition coefficient (Wildman–Crippen LogP) is 2.46. The molecule has 23 heavy (non-hydrogen) atoms. The Morgan fingerprint density at radius 1 is 1.26 bits per heavy atom. The molecular weight excluding hydrogens is 288 g/mol. The van der Waals surface area contributed by atoms with Gasteiger partial charge in [0.15, 0.2) is 0 Å². The number of aryl methyl sites for hydroxylation is 1. The lowest BCUT2D eigenvalue weighted by atomic mass is 9.98. The average Bonchev–Trinajstić information content (AvgIpc) is 2.61. The zero-order chi connectivity index (χ0) is 16.2. The van der Waals surface area contributed by atoms with E-state index in [1.54, 1.807) is 0 Å². The quantitative estimate of drug-likeness (QED) is 0.947. The molecular formula is C19H22N2O2. The SMILES string of the molecule is Cc1ccccc1-c1cccc(C(=O)N2CCO[C@@H](CN)C2)c1. The Bertz CT molecular complexity index is 699. The first-order chi connectivity index (χ1) is 11.2. The van der Waals surface area contributed by atoms with Gasteiger partial charge in [-0.15, -0.1) is 0 Å². The number of hydrogen-bond acceptors (Lipinski definition) is 3. The Morgan fingerprint density at radius 3 is 2.87 bits per heavy atom. The molecule has 120 valence electrons. The highest BCUT2D eigenvalue weighted by molar-refractivity contribution is 5.95. The summed E-state index contributed by atoms with van der Waals surface area (Å²) in [6, 6.07) is 16.0. The van der Waals surface area contributed by atoms with E-state index in [1.807, 2.05) is 41.3 Å². The second-order valence-corrected chi connectivity index (χ2v) is 5.88. The third-order valence-corrected chi connectivity index (χ3v) is 4.25. The smallest absolute Gasteiger partial charge is 0.254 e. The molecule has 1 fully saturated rings. The van der Waals surface area contributed by atoms with Crippen molar-refractivity contribution in [2.75, 3.05) is 26.2 Å². The first-order valence-electron chi connectivity index (χ1n) is 7.96. The second-order valence-electron chi connectivity index (χ2n) is 5.88. The van der Waals surface area contributed by atoms with Crippen LogP contribution in [0.1, 0.15) is 15.9 Å². The fourth-order valence-corrected chi connectivity index (χ4v) is 2.95. The first-order valence-corrected chi connectivity index (χ1v) is 7.96. The van der Waals surface area contributed by atoms with Gasteiger partial charge in [-0.2, -0.15) is 0 Å². The molecule has 0 bridgehead atoms. The summed E-state index contributed by atoms with van der Waals surface area (Å²) in [6.07, 6.45) is -0.0627. The van der Waals surface area contributed by atoms with Crippen LogP contribution in [0.3, 0.4) is 0 Å². The lowest BCUT2D eigenvalue weighted by Gasteiger charge is -2.32. The number of ether oxygens (including phenoxy) is 1. The van der Waals surface area contributed by atoms with Crippen LogP contribution in [0.4, 0.5) is 0 Å². The number of benzene rings is 2. The van der Waals surface area contributed by atoms with E-state index in [1.165, 1.54) is 5.56 Å². The van der Waals surface area contributed by atoms with E-state index in [-0.39, 0.29) is 12.0 Å². The first kappa shape index (κ1) is 15.7. The maximum Gasteiger partial charge on any atom is 0.254 e. The molecule has 0 aliphatic carbocycles. The van der Waals surface area contributed by atoms with Crippen LogP contribution < -0.4 is 5.73 Å². The number of amides is 1. The Labute approximate surface area is 136 Å². The third-order valence-electron chi connectivity index (χ3n) is 4.25.